The number of rotatable bonds is 2. The second-order valence-corrected chi connectivity index (χ2v) is 4.57. The molecular weight excluding hydrogens is 275 g/mol. The number of fused-ring (bicyclic) bond motifs is 1. The molecule has 1 N–H and O–H groups in total. The number of nitrogens with one attached hydrogen (secondary N) is 1. The minimum atomic E-state index is -0.485. The summed E-state index contributed by atoms with van der Waals surface area (Å²) in [7, 11) is 1.57. The lowest BCUT2D eigenvalue weighted by atomic mass is 10.2. The van der Waals surface area contributed by atoms with Crippen LogP contribution in [0.4, 0.5) is 10.1 Å². The van der Waals surface area contributed by atoms with E-state index in [4.69, 9.17) is 4.42 Å². The highest BCUT2D eigenvalue weighted by Crippen LogP contribution is 2.16. The normalized spacial score (nSPS) is 10.8. The summed E-state index contributed by atoms with van der Waals surface area (Å²) in [5.74, 6) is -1.21. The molecule has 1 heterocycles. The molecular formula is C15H11FN2O3. The summed E-state index contributed by atoms with van der Waals surface area (Å²) in [6, 6.07) is 10.2. The van der Waals surface area contributed by atoms with Crippen LogP contribution < -0.4 is 11.1 Å². The third-order valence-corrected chi connectivity index (χ3v) is 3.16. The highest BCUT2D eigenvalue weighted by molar-refractivity contribution is 6.05. The minimum absolute atomic E-state index is 0.350. The van der Waals surface area contributed by atoms with E-state index in [1.54, 1.807) is 25.2 Å². The summed E-state index contributed by atoms with van der Waals surface area (Å²) in [5.41, 5.74) is 1.82. The van der Waals surface area contributed by atoms with Crippen molar-refractivity contribution in [2.75, 3.05) is 5.32 Å². The summed E-state index contributed by atoms with van der Waals surface area (Å²) >= 11 is 0. The fraction of sp³-hybridized carbons (Fsp3) is 0.0667. The number of carbonyl (C=O) groups excluding carboxylic acids is 1. The molecule has 2 aromatic carbocycles. The topological polar surface area (TPSA) is 64.2 Å². The molecule has 0 saturated carbocycles. The predicted octanol–water partition coefficient (Wildman–Crippen LogP) is 2.52. The molecule has 0 unspecified atom stereocenters. The van der Waals surface area contributed by atoms with Gasteiger partial charge in [-0.15, -0.1) is 0 Å². The summed E-state index contributed by atoms with van der Waals surface area (Å²) in [6.45, 7) is 0. The first-order valence-corrected chi connectivity index (χ1v) is 6.21. The summed E-state index contributed by atoms with van der Waals surface area (Å²) < 4.78 is 19.1. The number of nitrogens with zero attached hydrogens (tertiary/aromatic N) is 1. The van der Waals surface area contributed by atoms with Crippen molar-refractivity contribution in [3.05, 3.63) is 64.4 Å². The summed E-state index contributed by atoms with van der Waals surface area (Å²) in [6.07, 6.45) is 0. The third-order valence-electron chi connectivity index (χ3n) is 3.16. The average Bonchev–Trinajstić information content (AvgIpc) is 2.76. The highest BCUT2D eigenvalue weighted by Gasteiger charge is 2.11. The van der Waals surface area contributed by atoms with Gasteiger partial charge in [0.2, 0.25) is 0 Å². The van der Waals surface area contributed by atoms with Gasteiger partial charge in [0.15, 0.2) is 5.58 Å². The van der Waals surface area contributed by atoms with Gasteiger partial charge in [0, 0.05) is 18.3 Å². The van der Waals surface area contributed by atoms with Gasteiger partial charge in [0.05, 0.1) is 5.52 Å². The van der Waals surface area contributed by atoms with Gasteiger partial charge in [-0.25, -0.2) is 9.18 Å². The van der Waals surface area contributed by atoms with E-state index in [9.17, 15) is 14.0 Å². The minimum Gasteiger partial charge on any atom is -0.408 e. The maximum atomic E-state index is 12.8. The van der Waals surface area contributed by atoms with Gasteiger partial charge < -0.3 is 9.73 Å². The van der Waals surface area contributed by atoms with E-state index >= 15 is 0 Å². The Balaban J connectivity index is 1.92. The number of benzene rings is 2. The number of hydrogen-bond acceptors (Lipinski definition) is 3. The summed E-state index contributed by atoms with van der Waals surface area (Å²) in [5, 5.41) is 2.65. The third kappa shape index (κ3) is 2.43. The Labute approximate surface area is 118 Å². The number of amides is 1. The van der Waals surface area contributed by atoms with Gasteiger partial charge >= 0.3 is 5.76 Å². The van der Waals surface area contributed by atoms with Crippen LogP contribution in [-0.4, -0.2) is 10.5 Å². The maximum absolute atomic E-state index is 12.8. The van der Waals surface area contributed by atoms with Gasteiger partial charge in [-0.1, -0.05) is 0 Å². The SMILES string of the molecule is Cn1c(=O)oc2ccc(C(=O)Nc3ccc(F)cc3)cc21. The second kappa shape index (κ2) is 4.90. The van der Waals surface area contributed by atoms with Crippen LogP contribution in [0.1, 0.15) is 10.4 Å². The molecule has 1 amide bonds. The van der Waals surface area contributed by atoms with E-state index in [-0.39, 0.29) is 11.7 Å². The number of carbonyl (C=O) groups is 1. The van der Waals surface area contributed by atoms with Crippen LogP contribution in [-0.2, 0) is 7.05 Å². The van der Waals surface area contributed by atoms with Gasteiger partial charge in [-0.05, 0) is 42.5 Å². The first-order valence-electron chi connectivity index (χ1n) is 6.21. The predicted molar refractivity (Wildman–Crippen MR) is 75.8 cm³/mol. The lowest BCUT2D eigenvalue weighted by molar-refractivity contribution is 0.102. The number of aromatic nitrogens is 1. The highest BCUT2D eigenvalue weighted by atomic mass is 19.1. The second-order valence-electron chi connectivity index (χ2n) is 4.57. The Morgan fingerprint density at radius 1 is 1.19 bits per heavy atom. The van der Waals surface area contributed by atoms with Gasteiger partial charge in [-0.2, -0.15) is 0 Å². The number of aryl methyl sites for hydroxylation is 1. The number of hydrogen-bond donors (Lipinski definition) is 1. The number of oxazole rings is 1. The van der Waals surface area contributed by atoms with Crippen molar-refractivity contribution in [3.8, 4) is 0 Å². The van der Waals surface area contributed by atoms with Crippen molar-refractivity contribution in [2.24, 2.45) is 7.05 Å². The van der Waals surface area contributed by atoms with Crippen LogP contribution in [0.3, 0.4) is 0 Å². The molecule has 6 heteroatoms. The van der Waals surface area contributed by atoms with Crippen molar-refractivity contribution in [1.82, 2.24) is 4.57 Å². The number of halogens is 1. The van der Waals surface area contributed by atoms with Crippen molar-refractivity contribution >= 4 is 22.7 Å². The van der Waals surface area contributed by atoms with E-state index in [0.717, 1.165) is 0 Å². The van der Waals surface area contributed by atoms with Crippen molar-refractivity contribution < 1.29 is 13.6 Å². The van der Waals surface area contributed by atoms with Crippen molar-refractivity contribution in [3.63, 3.8) is 0 Å². The van der Waals surface area contributed by atoms with E-state index in [2.05, 4.69) is 5.32 Å². The van der Waals surface area contributed by atoms with E-state index in [1.165, 1.54) is 28.8 Å². The zero-order valence-electron chi connectivity index (χ0n) is 11.1. The van der Waals surface area contributed by atoms with E-state index < -0.39 is 5.76 Å². The zero-order valence-corrected chi connectivity index (χ0v) is 11.1. The monoisotopic (exact) mass is 286 g/mol. The van der Waals surface area contributed by atoms with Crippen LogP contribution in [0.2, 0.25) is 0 Å². The van der Waals surface area contributed by atoms with Crippen LogP contribution in [0.15, 0.2) is 51.7 Å². The van der Waals surface area contributed by atoms with Crippen LogP contribution >= 0.6 is 0 Å². The molecule has 0 radical (unpaired) electrons. The molecule has 1 aromatic heterocycles. The van der Waals surface area contributed by atoms with Crippen molar-refractivity contribution in [2.45, 2.75) is 0 Å². The first-order chi connectivity index (χ1) is 10.0. The molecule has 21 heavy (non-hydrogen) atoms. The Morgan fingerprint density at radius 3 is 2.62 bits per heavy atom. The number of anilines is 1. The molecule has 3 rings (SSSR count). The molecule has 0 spiro atoms. The first kappa shape index (κ1) is 13.1. The van der Waals surface area contributed by atoms with Crippen LogP contribution in [0, 0.1) is 5.82 Å². The molecule has 3 aromatic rings. The molecule has 0 fully saturated rings. The Hall–Kier alpha value is -2.89. The Kier molecular flexibility index (Phi) is 3.06. The molecule has 0 saturated heterocycles. The molecule has 5 nitrogen and oxygen atoms in total. The van der Waals surface area contributed by atoms with Gasteiger partial charge in [0.1, 0.15) is 5.82 Å². The maximum Gasteiger partial charge on any atom is 0.419 e. The fourth-order valence-corrected chi connectivity index (χ4v) is 2.00. The van der Waals surface area contributed by atoms with Crippen molar-refractivity contribution in [1.29, 1.82) is 0 Å². The summed E-state index contributed by atoms with van der Waals surface area (Å²) in [4.78, 5) is 23.5. The smallest absolute Gasteiger partial charge is 0.408 e. The molecule has 106 valence electrons. The fourth-order valence-electron chi connectivity index (χ4n) is 2.00. The Morgan fingerprint density at radius 2 is 1.90 bits per heavy atom. The molecule has 0 aliphatic heterocycles. The molecule has 0 atom stereocenters. The Bertz CT molecular complexity index is 878. The quantitative estimate of drug-likeness (QED) is 0.787. The molecule has 0 aliphatic rings. The van der Waals surface area contributed by atoms with Crippen LogP contribution in [0.5, 0.6) is 0 Å². The van der Waals surface area contributed by atoms with E-state index in [1.807, 2.05) is 0 Å². The van der Waals surface area contributed by atoms with Gasteiger partial charge in [0.25, 0.3) is 5.91 Å². The van der Waals surface area contributed by atoms with E-state index in [0.29, 0.717) is 22.4 Å². The van der Waals surface area contributed by atoms with Gasteiger partial charge in [-0.3, -0.25) is 9.36 Å². The molecule has 0 bridgehead atoms. The largest absolute Gasteiger partial charge is 0.419 e. The average molecular weight is 286 g/mol. The lowest BCUT2D eigenvalue weighted by Gasteiger charge is -2.05. The molecule has 0 aliphatic carbocycles. The van der Waals surface area contributed by atoms with Crippen LogP contribution in [0.25, 0.3) is 11.1 Å². The standard InChI is InChI=1S/C15H11FN2O3/c1-18-12-8-9(2-7-13(12)21-15(18)20)14(19)17-11-5-3-10(16)4-6-11/h2-8H,1H3,(H,17,19). The zero-order chi connectivity index (χ0) is 15.0. The lowest BCUT2D eigenvalue weighted by Crippen LogP contribution is -2.12.